The molecule has 1 aromatic carbocycles. The second kappa shape index (κ2) is 7.63. The number of nitrogens with one attached hydrogen (secondary N) is 1. The van der Waals surface area contributed by atoms with Crippen molar-refractivity contribution in [2.24, 2.45) is 0 Å². The van der Waals surface area contributed by atoms with E-state index in [0.29, 0.717) is 11.8 Å². The fraction of sp³-hybridized carbons (Fsp3) is 0.647. The molecule has 0 saturated heterocycles. The minimum Gasteiger partial charge on any atom is -0.494 e. The van der Waals surface area contributed by atoms with Gasteiger partial charge in [-0.15, -0.1) is 0 Å². The van der Waals surface area contributed by atoms with Crippen LogP contribution in [0.4, 0.5) is 4.39 Å². The summed E-state index contributed by atoms with van der Waals surface area (Å²) in [6.07, 6.45) is 7.00. The third-order valence-corrected chi connectivity index (χ3v) is 4.29. The highest BCUT2D eigenvalue weighted by atomic mass is 19.1. The molecule has 2 unspecified atom stereocenters. The summed E-state index contributed by atoms with van der Waals surface area (Å²) < 4.78 is 19.7. The number of halogens is 1. The maximum atomic E-state index is 14.5. The molecule has 0 aliphatic heterocycles. The Morgan fingerprint density at radius 1 is 1.25 bits per heavy atom. The van der Waals surface area contributed by atoms with Crippen LogP contribution in [0.25, 0.3) is 0 Å². The van der Waals surface area contributed by atoms with Gasteiger partial charge in [0.15, 0.2) is 11.6 Å². The minimum absolute atomic E-state index is 0.176. The summed E-state index contributed by atoms with van der Waals surface area (Å²) >= 11 is 0. The molecule has 1 aliphatic carbocycles. The monoisotopic (exact) mass is 279 g/mol. The molecule has 1 fully saturated rings. The lowest BCUT2D eigenvalue weighted by atomic mass is 9.87. The van der Waals surface area contributed by atoms with Crippen molar-refractivity contribution in [3.05, 3.63) is 29.6 Å². The third-order valence-electron chi connectivity index (χ3n) is 4.29. The van der Waals surface area contributed by atoms with Crippen LogP contribution in [0.1, 0.15) is 56.9 Å². The van der Waals surface area contributed by atoms with Crippen LogP contribution >= 0.6 is 0 Å². The van der Waals surface area contributed by atoms with E-state index in [2.05, 4.69) is 12.2 Å². The van der Waals surface area contributed by atoms with Gasteiger partial charge >= 0.3 is 0 Å². The number of benzene rings is 1. The largest absolute Gasteiger partial charge is 0.494 e. The van der Waals surface area contributed by atoms with Gasteiger partial charge in [0.2, 0.25) is 0 Å². The lowest BCUT2D eigenvalue weighted by Crippen LogP contribution is -2.35. The van der Waals surface area contributed by atoms with Crippen molar-refractivity contribution in [2.45, 2.75) is 57.4 Å². The number of hydrogen-bond donors (Lipinski definition) is 1. The molecule has 1 saturated carbocycles. The Hall–Kier alpha value is -1.09. The molecule has 0 aromatic heterocycles. The highest BCUT2D eigenvalue weighted by molar-refractivity contribution is 5.34. The molecule has 20 heavy (non-hydrogen) atoms. The average molecular weight is 279 g/mol. The van der Waals surface area contributed by atoms with Gasteiger partial charge in [0.05, 0.1) is 7.11 Å². The summed E-state index contributed by atoms with van der Waals surface area (Å²) in [5, 5.41) is 3.62. The predicted molar refractivity (Wildman–Crippen MR) is 80.9 cm³/mol. The Labute approximate surface area is 121 Å². The van der Waals surface area contributed by atoms with E-state index in [1.807, 2.05) is 12.1 Å². The zero-order chi connectivity index (χ0) is 14.4. The molecule has 0 amide bonds. The molecule has 0 bridgehead atoms. The first-order chi connectivity index (χ1) is 9.77. The van der Waals surface area contributed by atoms with Gasteiger partial charge in [-0.05, 0) is 37.4 Å². The lowest BCUT2D eigenvalue weighted by molar-refractivity contribution is 0.368. The fourth-order valence-electron chi connectivity index (χ4n) is 3.23. The van der Waals surface area contributed by atoms with Gasteiger partial charge in [0, 0.05) is 12.0 Å². The van der Waals surface area contributed by atoms with Crippen molar-refractivity contribution < 1.29 is 9.13 Å². The summed E-state index contributed by atoms with van der Waals surface area (Å²) in [5.41, 5.74) is 0.819. The van der Waals surface area contributed by atoms with E-state index in [1.165, 1.54) is 26.4 Å². The average Bonchev–Trinajstić information content (AvgIpc) is 2.70. The van der Waals surface area contributed by atoms with Crippen LogP contribution in [-0.2, 0) is 0 Å². The molecule has 0 radical (unpaired) electrons. The number of ether oxygens (including phenoxy) is 1. The Morgan fingerprint density at radius 3 is 2.80 bits per heavy atom. The van der Waals surface area contributed by atoms with Crippen LogP contribution < -0.4 is 10.1 Å². The second-order valence-electron chi connectivity index (χ2n) is 5.67. The van der Waals surface area contributed by atoms with Crippen LogP contribution in [0.15, 0.2) is 18.2 Å². The van der Waals surface area contributed by atoms with E-state index in [1.54, 1.807) is 6.07 Å². The Bertz CT molecular complexity index is 421. The Kier molecular flexibility index (Phi) is 5.84. The standard InChI is InChI=1S/C17H26FNO/c1-3-12-19-15-10-6-4-5-8-13(15)14-9-7-11-16(20-2)17(14)18/h7,9,11,13,15,19H,3-6,8,10,12H2,1-2H3. The van der Waals surface area contributed by atoms with Crippen molar-refractivity contribution in [1.82, 2.24) is 5.32 Å². The topological polar surface area (TPSA) is 21.3 Å². The highest BCUT2D eigenvalue weighted by Crippen LogP contribution is 2.35. The fourth-order valence-corrected chi connectivity index (χ4v) is 3.23. The van der Waals surface area contributed by atoms with E-state index in [9.17, 15) is 4.39 Å². The Balaban J connectivity index is 2.25. The lowest BCUT2D eigenvalue weighted by Gasteiger charge is -2.27. The maximum absolute atomic E-state index is 14.5. The molecule has 2 nitrogen and oxygen atoms in total. The van der Waals surface area contributed by atoms with Crippen LogP contribution in [0.3, 0.4) is 0 Å². The third kappa shape index (κ3) is 3.51. The second-order valence-corrected chi connectivity index (χ2v) is 5.67. The zero-order valence-corrected chi connectivity index (χ0v) is 12.6. The van der Waals surface area contributed by atoms with Crippen molar-refractivity contribution in [1.29, 1.82) is 0 Å². The van der Waals surface area contributed by atoms with Crippen molar-refractivity contribution in [3.63, 3.8) is 0 Å². The summed E-state index contributed by atoms with van der Waals surface area (Å²) in [7, 11) is 1.53. The first-order valence-electron chi connectivity index (χ1n) is 7.83. The molecular formula is C17H26FNO. The van der Waals surface area contributed by atoms with E-state index < -0.39 is 0 Å². The molecule has 1 N–H and O–H groups in total. The molecule has 2 rings (SSSR count). The van der Waals surface area contributed by atoms with E-state index in [4.69, 9.17) is 4.74 Å². The SMILES string of the molecule is CCCNC1CCCCCC1c1cccc(OC)c1F. The smallest absolute Gasteiger partial charge is 0.168 e. The number of rotatable bonds is 5. The normalized spacial score (nSPS) is 23.4. The highest BCUT2D eigenvalue weighted by Gasteiger charge is 2.27. The summed E-state index contributed by atoms with van der Waals surface area (Å²) in [6.45, 7) is 3.18. The van der Waals surface area contributed by atoms with Crippen LogP contribution in [0.5, 0.6) is 5.75 Å². The van der Waals surface area contributed by atoms with Gasteiger partial charge in [0.1, 0.15) is 0 Å². The van der Waals surface area contributed by atoms with Crippen molar-refractivity contribution in [3.8, 4) is 5.75 Å². The van der Waals surface area contributed by atoms with Crippen molar-refractivity contribution in [2.75, 3.05) is 13.7 Å². The summed E-state index contributed by atoms with van der Waals surface area (Å²) in [4.78, 5) is 0. The molecule has 3 heteroatoms. The summed E-state index contributed by atoms with van der Waals surface area (Å²) in [5.74, 6) is 0.449. The summed E-state index contributed by atoms with van der Waals surface area (Å²) in [6, 6.07) is 5.91. The van der Waals surface area contributed by atoms with Gasteiger partial charge in [0.25, 0.3) is 0 Å². The first kappa shape index (κ1) is 15.3. The number of hydrogen-bond acceptors (Lipinski definition) is 2. The van der Waals surface area contributed by atoms with Crippen LogP contribution in [0.2, 0.25) is 0 Å². The molecule has 0 heterocycles. The van der Waals surface area contributed by atoms with Crippen molar-refractivity contribution >= 4 is 0 Å². The molecular weight excluding hydrogens is 253 g/mol. The molecule has 112 valence electrons. The molecule has 1 aliphatic rings. The van der Waals surface area contributed by atoms with Crippen LogP contribution in [-0.4, -0.2) is 19.7 Å². The zero-order valence-electron chi connectivity index (χ0n) is 12.6. The van der Waals surface area contributed by atoms with Crippen LogP contribution in [0, 0.1) is 5.82 Å². The maximum Gasteiger partial charge on any atom is 0.168 e. The van der Waals surface area contributed by atoms with Gasteiger partial charge in [-0.2, -0.15) is 0 Å². The Morgan fingerprint density at radius 2 is 2.05 bits per heavy atom. The molecule has 1 aromatic rings. The van der Waals surface area contributed by atoms with Gasteiger partial charge in [-0.1, -0.05) is 38.3 Å². The number of methoxy groups -OCH3 is 1. The van der Waals surface area contributed by atoms with Gasteiger partial charge in [-0.3, -0.25) is 0 Å². The molecule has 2 atom stereocenters. The minimum atomic E-state index is -0.176. The predicted octanol–water partition coefficient (Wildman–Crippen LogP) is 4.25. The van der Waals surface area contributed by atoms with Gasteiger partial charge < -0.3 is 10.1 Å². The van der Waals surface area contributed by atoms with E-state index >= 15 is 0 Å². The van der Waals surface area contributed by atoms with Gasteiger partial charge in [-0.25, -0.2) is 4.39 Å². The first-order valence-corrected chi connectivity index (χ1v) is 7.83. The van der Waals surface area contributed by atoms with E-state index in [-0.39, 0.29) is 11.7 Å². The quantitative estimate of drug-likeness (QED) is 0.814. The molecule has 0 spiro atoms. The van der Waals surface area contributed by atoms with E-state index in [0.717, 1.165) is 31.4 Å².